The standard InChI is InChI=1S/C18H21N3O2/c1-20(18(23)14-7-3-2-4-8-14)13-17(22)21-12-6-10-16(21)15-9-5-11-19-15/h2-5,7-9,11,16,19H,6,10,12-13H2,1H3/t16-/m0/s1. The Balaban J connectivity index is 1.65. The molecule has 0 unspecified atom stereocenters. The zero-order chi connectivity index (χ0) is 16.2. The Kier molecular flexibility index (Phi) is 4.46. The molecule has 1 saturated heterocycles. The maximum absolute atomic E-state index is 12.6. The predicted octanol–water partition coefficient (Wildman–Crippen LogP) is 2.45. The highest BCUT2D eigenvalue weighted by atomic mass is 16.2. The van der Waals surface area contributed by atoms with E-state index in [0.29, 0.717) is 5.56 Å². The van der Waals surface area contributed by atoms with E-state index in [1.165, 1.54) is 4.90 Å². The minimum atomic E-state index is -0.130. The quantitative estimate of drug-likeness (QED) is 0.943. The van der Waals surface area contributed by atoms with Crippen molar-refractivity contribution in [3.8, 4) is 0 Å². The third-order valence-corrected chi connectivity index (χ3v) is 4.29. The van der Waals surface area contributed by atoms with E-state index in [9.17, 15) is 9.59 Å². The molecule has 2 heterocycles. The van der Waals surface area contributed by atoms with Crippen LogP contribution in [0.1, 0.15) is 34.9 Å². The van der Waals surface area contributed by atoms with E-state index in [2.05, 4.69) is 4.98 Å². The molecule has 1 fully saturated rings. The fourth-order valence-corrected chi connectivity index (χ4v) is 3.11. The van der Waals surface area contributed by atoms with Gasteiger partial charge in [0.05, 0.1) is 12.6 Å². The first kappa shape index (κ1) is 15.3. The summed E-state index contributed by atoms with van der Waals surface area (Å²) in [7, 11) is 1.67. The van der Waals surface area contributed by atoms with Gasteiger partial charge in [-0.15, -0.1) is 0 Å². The van der Waals surface area contributed by atoms with Crippen LogP contribution >= 0.6 is 0 Å². The molecule has 1 aliphatic heterocycles. The summed E-state index contributed by atoms with van der Waals surface area (Å²) >= 11 is 0. The fraction of sp³-hybridized carbons (Fsp3) is 0.333. The molecular weight excluding hydrogens is 290 g/mol. The van der Waals surface area contributed by atoms with Gasteiger partial charge in [-0.2, -0.15) is 0 Å². The molecule has 5 heteroatoms. The number of carbonyl (C=O) groups is 2. The zero-order valence-corrected chi connectivity index (χ0v) is 13.2. The number of hydrogen-bond donors (Lipinski definition) is 1. The highest BCUT2D eigenvalue weighted by Gasteiger charge is 2.31. The molecule has 1 atom stereocenters. The van der Waals surface area contributed by atoms with Crippen molar-refractivity contribution in [2.45, 2.75) is 18.9 Å². The number of carbonyl (C=O) groups excluding carboxylic acids is 2. The minimum absolute atomic E-state index is 0.00567. The summed E-state index contributed by atoms with van der Waals surface area (Å²) in [6.07, 6.45) is 3.83. The maximum Gasteiger partial charge on any atom is 0.254 e. The summed E-state index contributed by atoms with van der Waals surface area (Å²) in [5.41, 5.74) is 1.66. The zero-order valence-electron chi connectivity index (χ0n) is 13.2. The van der Waals surface area contributed by atoms with Gasteiger partial charge in [0.1, 0.15) is 0 Å². The van der Waals surface area contributed by atoms with Crippen LogP contribution in [0.25, 0.3) is 0 Å². The molecule has 0 saturated carbocycles. The number of likely N-dealkylation sites (N-methyl/N-ethyl adjacent to an activating group) is 1. The first-order valence-corrected chi connectivity index (χ1v) is 7.90. The molecule has 0 aliphatic carbocycles. The molecule has 2 aromatic rings. The summed E-state index contributed by atoms with van der Waals surface area (Å²) in [6, 6.07) is 13.1. The Labute approximate surface area is 135 Å². The molecule has 3 rings (SSSR count). The lowest BCUT2D eigenvalue weighted by molar-refractivity contribution is -0.132. The van der Waals surface area contributed by atoms with Gasteiger partial charge in [-0.25, -0.2) is 0 Å². The van der Waals surface area contributed by atoms with E-state index in [1.807, 2.05) is 41.4 Å². The van der Waals surface area contributed by atoms with Crippen molar-refractivity contribution in [3.63, 3.8) is 0 Å². The molecule has 2 amide bonds. The van der Waals surface area contributed by atoms with Gasteiger partial charge in [0, 0.05) is 31.0 Å². The Hall–Kier alpha value is -2.56. The van der Waals surface area contributed by atoms with Gasteiger partial charge < -0.3 is 14.8 Å². The van der Waals surface area contributed by atoms with Crippen LogP contribution in [-0.4, -0.2) is 46.7 Å². The fourth-order valence-electron chi connectivity index (χ4n) is 3.11. The van der Waals surface area contributed by atoms with Crippen molar-refractivity contribution in [2.75, 3.05) is 20.1 Å². The number of rotatable bonds is 4. The van der Waals surface area contributed by atoms with Crippen molar-refractivity contribution < 1.29 is 9.59 Å². The second-order valence-corrected chi connectivity index (χ2v) is 5.90. The van der Waals surface area contributed by atoms with Crippen molar-refractivity contribution in [3.05, 3.63) is 59.9 Å². The van der Waals surface area contributed by atoms with E-state index < -0.39 is 0 Å². The van der Waals surface area contributed by atoms with E-state index >= 15 is 0 Å². The van der Waals surface area contributed by atoms with Gasteiger partial charge >= 0.3 is 0 Å². The molecular formula is C18H21N3O2. The van der Waals surface area contributed by atoms with Crippen LogP contribution in [0.3, 0.4) is 0 Å². The second kappa shape index (κ2) is 6.69. The van der Waals surface area contributed by atoms with Crippen molar-refractivity contribution in [1.29, 1.82) is 0 Å². The third kappa shape index (κ3) is 3.28. The van der Waals surface area contributed by atoms with Gasteiger partial charge in [0.25, 0.3) is 5.91 Å². The van der Waals surface area contributed by atoms with E-state index in [4.69, 9.17) is 0 Å². The van der Waals surface area contributed by atoms with Crippen molar-refractivity contribution >= 4 is 11.8 Å². The number of nitrogens with zero attached hydrogens (tertiary/aromatic N) is 2. The number of aromatic amines is 1. The molecule has 120 valence electrons. The lowest BCUT2D eigenvalue weighted by Gasteiger charge is -2.26. The van der Waals surface area contributed by atoms with Gasteiger partial charge in [-0.3, -0.25) is 9.59 Å². The SMILES string of the molecule is CN(CC(=O)N1CCC[C@H]1c1ccc[nH]1)C(=O)c1ccccc1. The number of benzene rings is 1. The van der Waals surface area contributed by atoms with Crippen molar-refractivity contribution in [1.82, 2.24) is 14.8 Å². The molecule has 0 radical (unpaired) electrons. The van der Waals surface area contributed by atoms with Crippen LogP contribution in [0, 0.1) is 0 Å². The Morgan fingerprint density at radius 3 is 2.70 bits per heavy atom. The number of hydrogen-bond acceptors (Lipinski definition) is 2. The Morgan fingerprint density at radius 1 is 1.22 bits per heavy atom. The summed E-state index contributed by atoms with van der Waals surface area (Å²) in [6.45, 7) is 0.848. The molecule has 23 heavy (non-hydrogen) atoms. The number of H-pyrrole nitrogens is 1. The minimum Gasteiger partial charge on any atom is -0.363 e. The largest absolute Gasteiger partial charge is 0.363 e. The summed E-state index contributed by atoms with van der Waals surface area (Å²) in [5.74, 6) is -0.136. The van der Waals surface area contributed by atoms with Gasteiger partial charge in [0.15, 0.2) is 0 Å². The Morgan fingerprint density at radius 2 is 2.00 bits per heavy atom. The highest BCUT2D eigenvalue weighted by Crippen LogP contribution is 2.30. The van der Waals surface area contributed by atoms with Gasteiger partial charge in [-0.05, 0) is 37.1 Å². The van der Waals surface area contributed by atoms with Crippen LogP contribution in [0.15, 0.2) is 48.7 Å². The number of nitrogens with one attached hydrogen (secondary N) is 1. The first-order chi connectivity index (χ1) is 11.2. The maximum atomic E-state index is 12.6. The van der Waals surface area contributed by atoms with E-state index in [-0.39, 0.29) is 24.4 Å². The predicted molar refractivity (Wildman–Crippen MR) is 87.9 cm³/mol. The van der Waals surface area contributed by atoms with Crippen LogP contribution in [0.5, 0.6) is 0 Å². The first-order valence-electron chi connectivity index (χ1n) is 7.90. The van der Waals surface area contributed by atoms with Gasteiger partial charge in [-0.1, -0.05) is 18.2 Å². The number of amides is 2. The highest BCUT2D eigenvalue weighted by molar-refractivity contribution is 5.96. The van der Waals surface area contributed by atoms with E-state index in [0.717, 1.165) is 25.1 Å². The molecule has 0 spiro atoms. The second-order valence-electron chi connectivity index (χ2n) is 5.90. The molecule has 5 nitrogen and oxygen atoms in total. The Bertz CT molecular complexity index is 667. The molecule has 1 aliphatic rings. The summed E-state index contributed by atoms with van der Waals surface area (Å²) < 4.78 is 0. The molecule has 1 aromatic carbocycles. The smallest absolute Gasteiger partial charge is 0.254 e. The summed E-state index contributed by atoms with van der Waals surface area (Å²) in [5, 5.41) is 0. The molecule has 0 bridgehead atoms. The number of likely N-dealkylation sites (tertiary alicyclic amines) is 1. The summed E-state index contributed by atoms with van der Waals surface area (Å²) in [4.78, 5) is 31.5. The van der Waals surface area contributed by atoms with Crippen molar-refractivity contribution in [2.24, 2.45) is 0 Å². The monoisotopic (exact) mass is 311 g/mol. The number of aromatic nitrogens is 1. The third-order valence-electron chi connectivity index (χ3n) is 4.29. The average Bonchev–Trinajstić information content (AvgIpc) is 3.25. The lowest BCUT2D eigenvalue weighted by atomic mass is 10.1. The molecule has 1 N–H and O–H groups in total. The van der Waals surface area contributed by atoms with E-state index in [1.54, 1.807) is 19.2 Å². The van der Waals surface area contributed by atoms with Crippen LogP contribution < -0.4 is 0 Å². The molecule has 1 aromatic heterocycles. The average molecular weight is 311 g/mol. The normalized spacial score (nSPS) is 17.3. The van der Waals surface area contributed by atoms with Gasteiger partial charge in [0.2, 0.25) is 5.91 Å². The van der Waals surface area contributed by atoms with Crippen LogP contribution in [-0.2, 0) is 4.79 Å². The van der Waals surface area contributed by atoms with Crippen LogP contribution in [0.2, 0.25) is 0 Å². The lowest BCUT2D eigenvalue weighted by Crippen LogP contribution is -2.40. The van der Waals surface area contributed by atoms with Crippen LogP contribution in [0.4, 0.5) is 0 Å². The topological polar surface area (TPSA) is 56.4 Å².